The molecule has 8 heteroatoms. The molecule has 1 heterocycles. The Bertz CT molecular complexity index is 1630. The molecule has 2 aliphatic rings. The fourth-order valence-electron chi connectivity index (χ4n) is 4.83. The molecule has 4 aromatic rings. The molecule has 204 valence electrons. The molecule has 6 rings (SSSR count). The summed E-state index contributed by atoms with van der Waals surface area (Å²) < 4.78 is 13.4. The number of carbonyl (C=O) groups is 2. The van der Waals surface area contributed by atoms with E-state index >= 15 is 0 Å². The van der Waals surface area contributed by atoms with Gasteiger partial charge in [-0.15, -0.1) is 23.5 Å². The molecule has 1 aliphatic heterocycles. The number of hydrogen-bond acceptors (Lipinski definition) is 4. The third kappa shape index (κ3) is 6.09. The van der Waals surface area contributed by atoms with Gasteiger partial charge in [-0.1, -0.05) is 72.8 Å². The predicted molar refractivity (Wildman–Crippen MR) is 166 cm³/mol. The van der Waals surface area contributed by atoms with Gasteiger partial charge in [0.1, 0.15) is 11.1 Å². The summed E-state index contributed by atoms with van der Waals surface area (Å²) in [5.74, 6) is -0.595. The van der Waals surface area contributed by atoms with Crippen molar-refractivity contribution in [3.05, 3.63) is 139 Å². The maximum Gasteiger partial charge on any atom is 0.326 e. The van der Waals surface area contributed by atoms with Crippen molar-refractivity contribution >= 4 is 52.5 Å². The maximum absolute atomic E-state index is 13.7. The van der Waals surface area contributed by atoms with E-state index in [0.29, 0.717) is 11.4 Å². The standard InChI is InChI=1S/C33H26FN3O2S2/c34-23-17-19-24(20-18-23)35-32(38)31(22-9-2-1-3-10-22)40-26-12-8-11-25(21-26)36-33(39)37-27-13-4-6-15-29(27)41-30-16-7-5-14-28(30)37/h1-21,27,29,31H,(H,35,38)(H,36,39). The molecule has 4 aromatic carbocycles. The molecule has 0 bridgehead atoms. The summed E-state index contributed by atoms with van der Waals surface area (Å²) in [6, 6.07) is 30.3. The Morgan fingerprint density at radius 2 is 1.56 bits per heavy atom. The number of thioether (sulfide) groups is 2. The Labute approximate surface area is 246 Å². The average Bonchev–Trinajstić information content (AvgIpc) is 3.00. The molecule has 41 heavy (non-hydrogen) atoms. The number of fused-ring (bicyclic) bond motifs is 2. The van der Waals surface area contributed by atoms with Gasteiger partial charge in [0, 0.05) is 21.2 Å². The first-order valence-corrected chi connectivity index (χ1v) is 14.9. The zero-order chi connectivity index (χ0) is 28.2. The van der Waals surface area contributed by atoms with Gasteiger partial charge in [0.05, 0.1) is 17.0 Å². The van der Waals surface area contributed by atoms with E-state index in [2.05, 4.69) is 22.8 Å². The first kappa shape index (κ1) is 26.9. The van der Waals surface area contributed by atoms with E-state index in [9.17, 15) is 14.0 Å². The van der Waals surface area contributed by atoms with Gasteiger partial charge in [0.25, 0.3) is 0 Å². The summed E-state index contributed by atoms with van der Waals surface area (Å²) in [5.41, 5.74) is 2.86. The third-order valence-electron chi connectivity index (χ3n) is 6.75. The molecular formula is C33H26FN3O2S2. The molecule has 5 nitrogen and oxygen atoms in total. The minimum Gasteiger partial charge on any atom is -0.325 e. The smallest absolute Gasteiger partial charge is 0.325 e. The Morgan fingerprint density at radius 1 is 0.805 bits per heavy atom. The molecule has 0 spiro atoms. The zero-order valence-electron chi connectivity index (χ0n) is 21.8. The largest absolute Gasteiger partial charge is 0.326 e. The lowest BCUT2D eigenvalue weighted by atomic mass is 10.1. The molecule has 3 unspecified atom stereocenters. The summed E-state index contributed by atoms with van der Waals surface area (Å²) in [5, 5.41) is 5.54. The van der Waals surface area contributed by atoms with Gasteiger partial charge in [0.2, 0.25) is 5.91 Å². The second kappa shape index (κ2) is 12.1. The first-order valence-electron chi connectivity index (χ1n) is 13.1. The van der Waals surface area contributed by atoms with Gasteiger partial charge in [-0.25, -0.2) is 9.18 Å². The summed E-state index contributed by atoms with van der Waals surface area (Å²) in [6.07, 6.45) is 8.19. The summed E-state index contributed by atoms with van der Waals surface area (Å²) in [4.78, 5) is 30.8. The summed E-state index contributed by atoms with van der Waals surface area (Å²) in [7, 11) is 0. The minimum atomic E-state index is -0.571. The van der Waals surface area contributed by atoms with Crippen LogP contribution in [0, 0.1) is 5.82 Å². The monoisotopic (exact) mass is 579 g/mol. The Morgan fingerprint density at radius 3 is 2.39 bits per heavy atom. The number of rotatable bonds is 6. The van der Waals surface area contributed by atoms with Crippen LogP contribution in [0.1, 0.15) is 10.8 Å². The highest BCUT2D eigenvalue weighted by Crippen LogP contribution is 2.44. The lowest BCUT2D eigenvalue weighted by molar-refractivity contribution is -0.115. The van der Waals surface area contributed by atoms with Crippen LogP contribution >= 0.6 is 23.5 Å². The van der Waals surface area contributed by atoms with Gasteiger partial charge >= 0.3 is 6.03 Å². The van der Waals surface area contributed by atoms with Gasteiger partial charge in [0.15, 0.2) is 0 Å². The molecule has 0 saturated heterocycles. The predicted octanol–water partition coefficient (Wildman–Crippen LogP) is 8.31. The average molecular weight is 580 g/mol. The minimum absolute atomic E-state index is 0.102. The normalized spacial score (nSPS) is 17.7. The molecule has 0 radical (unpaired) electrons. The number of halogens is 1. The van der Waals surface area contributed by atoms with Crippen LogP contribution < -0.4 is 15.5 Å². The fraction of sp³-hybridized carbons (Fsp3) is 0.0909. The van der Waals surface area contributed by atoms with Crippen LogP contribution in [0.3, 0.4) is 0 Å². The van der Waals surface area contributed by atoms with Gasteiger partial charge < -0.3 is 10.6 Å². The van der Waals surface area contributed by atoms with Crippen molar-refractivity contribution in [2.75, 3.05) is 15.5 Å². The van der Waals surface area contributed by atoms with Crippen LogP contribution in [0.25, 0.3) is 0 Å². The molecular weight excluding hydrogens is 554 g/mol. The van der Waals surface area contributed by atoms with E-state index in [0.717, 1.165) is 21.0 Å². The number of urea groups is 1. The lowest BCUT2D eigenvalue weighted by Crippen LogP contribution is -2.49. The van der Waals surface area contributed by atoms with E-state index < -0.39 is 5.25 Å². The van der Waals surface area contributed by atoms with Crippen LogP contribution in [0.15, 0.2) is 137 Å². The number of amides is 3. The number of benzene rings is 4. The van der Waals surface area contributed by atoms with Crippen LogP contribution in [0.2, 0.25) is 0 Å². The summed E-state index contributed by atoms with van der Waals surface area (Å²) >= 11 is 3.14. The molecule has 0 aromatic heterocycles. The number of hydrogen-bond donors (Lipinski definition) is 2. The molecule has 3 amide bonds. The highest BCUT2D eigenvalue weighted by Gasteiger charge is 2.36. The molecule has 0 saturated carbocycles. The van der Waals surface area contributed by atoms with E-state index in [1.165, 1.54) is 36.0 Å². The number of para-hydroxylation sites is 1. The van der Waals surface area contributed by atoms with Crippen molar-refractivity contribution in [2.24, 2.45) is 0 Å². The van der Waals surface area contributed by atoms with E-state index in [1.54, 1.807) is 11.8 Å². The molecule has 0 fully saturated rings. The number of nitrogens with one attached hydrogen (secondary N) is 2. The lowest BCUT2D eigenvalue weighted by Gasteiger charge is -2.40. The van der Waals surface area contributed by atoms with Crippen LogP contribution in [0.4, 0.5) is 26.2 Å². The topological polar surface area (TPSA) is 61.4 Å². The van der Waals surface area contributed by atoms with Crippen LogP contribution in [0.5, 0.6) is 0 Å². The number of carbonyl (C=O) groups excluding carboxylic acids is 2. The van der Waals surface area contributed by atoms with E-state index in [1.807, 2.05) is 95.9 Å². The van der Waals surface area contributed by atoms with Gasteiger partial charge in [-0.2, -0.15) is 0 Å². The second-order valence-corrected chi connectivity index (χ2v) is 11.9. The van der Waals surface area contributed by atoms with Crippen molar-refractivity contribution in [2.45, 2.75) is 26.3 Å². The van der Waals surface area contributed by atoms with Crippen molar-refractivity contribution < 1.29 is 14.0 Å². The number of anilines is 3. The van der Waals surface area contributed by atoms with Crippen molar-refractivity contribution in [1.82, 2.24) is 0 Å². The van der Waals surface area contributed by atoms with Crippen LogP contribution in [-0.4, -0.2) is 23.2 Å². The second-order valence-electron chi connectivity index (χ2n) is 9.54. The Balaban J connectivity index is 1.23. The highest BCUT2D eigenvalue weighted by molar-refractivity contribution is 8.00. The first-order chi connectivity index (χ1) is 20.0. The molecule has 3 atom stereocenters. The van der Waals surface area contributed by atoms with Gasteiger partial charge in [-0.3, -0.25) is 9.69 Å². The van der Waals surface area contributed by atoms with Crippen molar-refractivity contribution in [3.63, 3.8) is 0 Å². The molecule has 2 N–H and O–H groups in total. The van der Waals surface area contributed by atoms with E-state index in [4.69, 9.17) is 0 Å². The third-order valence-corrected chi connectivity index (χ3v) is 9.31. The van der Waals surface area contributed by atoms with Crippen LogP contribution in [-0.2, 0) is 4.79 Å². The summed E-state index contributed by atoms with van der Waals surface area (Å²) in [6.45, 7) is 0. The van der Waals surface area contributed by atoms with Gasteiger partial charge in [-0.05, 0) is 60.2 Å². The zero-order valence-corrected chi connectivity index (χ0v) is 23.4. The fourth-order valence-corrected chi connectivity index (χ4v) is 7.18. The van der Waals surface area contributed by atoms with E-state index in [-0.39, 0.29) is 29.0 Å². The quantitative estimate of drug-likeness (QED) is 0.226. The number of allylic oxidation sites excluding steroid dienone is 2. The SMILES string of the molecule is O=C(Nc1ccc(F)cc1)C(Sc1cccc(NC(=O)N2c3ccccc3SC3C=CC=CC32)c1)c1ccccc1. The van der Waals surface area contributed by atoms with Crippen molar-refractivity contribution in [3.8, 4) is 0 Å². The van der Waals surface area contributed by atoms with Crippen molar-refractivity contribution in [1.29, 1.82) is 0 Å². The maximum atomic E-state index is 13.7. The number of nitrogens with zero attached hydrogens (tertiary/aromatic N) is 1. The Hall–Kier alpha value is -4.27. The highest BCUT2D eigenvalue weighted by atomic mass is 32.2. The Kier molecular flexibility index (Phi) is 7.93. The molecule has 1 aliphatic carbocycles.